The molecule has 0 radical (unpaired) electrons. The van der Waals surface area contributed by atoms with Gasteiger partial charge in [0.2, 0.25) is 0 Å². The van der Waals surface area contributed by atoms with Crippen molar-refractivity contribution in [3.05, 3.63) is 29.5 Å². The lowest BCUT2D eigenvalue weighted by atomic mass is 9.94. The molecule has 3 aliphatic rings. The van der Waals surface area contributed by atoms with E-state index in [1.807, 2.05) is 13.8 Å². The number of allylic oxidation sites excluding steroid dienone is 1. The van der Waals surface area contributed by atoms with Crippen molar-refractivity contribution >= 4 is 17.2 Å². The van der Waals surface area contributed by atoms with Crippen molar-refractivity contribution in [3.63, 3.8) is 0 Å². The van der Waals surface area contributed by atoms with Crippen molar-refractivity contribution in [1.82, 2.24) is 9.88 Å². The largest absolute Gasteiger partial charge is 0.419 e. The molecule has 0 bridgehead atoms. The third-order valence-corrected chi connectivity index (χ3v) is 7.20. The van der Waals surface area contributed by atoms with Gasteiger partial charge in [0.1, 0.15) is 5.82 Å². The Balaban J connectivity index is 1.55. The summed E-state index contributed by atoms with van der Waals surface area (Å²) in [5.74, 6) is 0.222. The van der Waals surface area contributed by atoms with Crippen LogP contribution in [0.4, 0.5) is 19.0 Å². The summed E-state index contributed by atoms with van der Waals surface area (Å²) in [6, 6.07) is 1.58. The highest BCUT2D eigenvalue weighted by atomic mass is 19.4. The number of nitrogens with two attached hydrogens (primary N) is 2. The Morgan fingerprint density at radius 1 is 1.34 bits per heavy atom. The molecule has 1 aromatic rings. The van der Waals surface area contributed by atoms with Crippen LogP contribution >= 0.6 is 0 Å². The Kier molecular flexibility index (Phi) is 6.00. The molecular formula is C23H32F3N5O. The first-order chi connectivity index (χ1) is 15.0. The maximum atomic E-state index is 13.2. The zero-order valence-electron chi connectivity index (χ0n) is 18.8. The van der Waals surface area contributed by atoms with Crippen molar-refractivity contribution in [2.75, 3.05) is 32.0 Å². The van der Waals surface area contributed by atoms with Crippen LogP contribution in [0, 0.1) is 17.3 Å². The van der Waals surface area contributed by atoms with Crippen LogP contribution in [-0.2, 0) is 10.9 Å². The summed E-state index contributed by atoms with van der Waals surface area (Å²) in [6.07, 6.45) is 0.638. The van der Waals surface area contributed by atoms with Crippen LogP contribution in [0.2, 0.25) is 0 Å². The average Bonchev–Trinajstić information content (AvgIpc) is 3.12. The van der Waals surface area contributed by atoms with Gasteiger partial charge in [-0.05, 0) is 50.2 Å². The minimum atomic E-state index is -4.59. The van der Waals surface area contributed by atoms with E-state index in [1.165, 1.54) is 6.20 Å². The molecule has 2 saturated carbocycles. The van der Waals surface area contributed by atoms with Crippen molar-refractivity contribution < 1.29 is 17.9 Å². The van der Waals surface area contributed by atoms with E-state index >= 15 is 0 Å². The van der Waals surface area contributed by atoms with Crippen LogP contribution in [0.3, 0.4) is 0 Å². The van der Waals surface area contributed by atoms with Crippen LogP contribution < -0.4 is 11.5 Å². The topological polar surface area (TPSA) is 89.8 Å². The molecule has 9 heteroatoms. The minimum absolute atomic E-state index is 0.0595. The molecule has 176 valence electrons. The van der Waals surface area contributed by atoms with E-state index in [0.29, 0.717) is 12.0 Å². The lowest BCUT2D eigenvalue weighted by Gasteiger charge is -2.34. The summed E-state index contributed by atoms with van der Waals surface area (Å²) < 4.78 is 45.2. The zero-order valence-corrected chi connectivity index (χ0v) is 18.8. The number of aromatic nitrogens is 1. The fourth-order valence-electron chi connectivity index (χ4n) is 5.60. The smallest absolute Gasteiger partial charge is 0.398 e. The molecule has 1 aromatic heterocycles. The van der Waals surface area contributed by atoms with Crippen LogP contribution in [0.15, 0.2) is 23.3 Å². The first kappa shape index (κ1) is 23.0. The monoisotopic (exact) mass is 451 g/mol. The van der Waals surface area contributed by atoms with E-state index in [-0.39, 0.29) is 28.6 Å². The number of fused-ring (bicyclic) bond motifs is 1. The Hall–Kier alpha value is -2.13. The number of ether oxygens (including phenoxy) is 1. The molecule has 6 nitrogen and oxygen atoms in total. The van der Waals surface area contributed by atoms with Gasteiger partial charge in [0.15, 0.2) is 0 Å². The third-order valence-electron chi connectivity index (χ3n) is 7.20. The molecule has 0 amide bonds. The van der Waals surface area contributed by atoms with E-state index in [9.17, 15) is 13.2 Å². The number of anilines is 1. The molecule has 0 aromatic carbocycles. The maximum absolute atomic E-state index is 13.2. The highest BCUT2D eigenvalue weighted by molar-refractivity contribution is 6.04. The van der Waals surface area contributed by atoms with E-state index in [2.05, 4.69) is 16.8 Å². The van der Waals surface area contributed by atoms with Crippen molar-refractivity contribution in [1.29, 1.82) is 0 Å². The molecule has 2 aliphatic carbocycles. The van der Waals surface area contributed by atoms with Crippen LogP contribution in [0.5, 0.6) is 0 Å². The SMILES string of the molecule is CC(C)N=C(C=C(N)c1cnc(N)c(C(F)(F)F)c1)[C@H]1[C@@H]2CC(N3CCOCC3)CC21C. The quantitative estimate of drug-likeness (QED) is 0.668. The number of hydrogen-bond donors (Lipinski definition) is 2. The van der Waals surface area contributed by atoms with Crippen LogP contribution in [0.25, 0.3) is 5.70 Å². The first-order valence-corrected chi connectivity index (χ1v) is 11.2. The van der Waals surface area contributed by atoms with Crippen LogP contribution in [0.1, 0.15) is 44.7 Å². The average molecular weight is 452 g/mol. The highest BCUT2D eigenvalue weighted by Gasteiger charge is 2.67. The predicted molar refractivity (Wildman–Crippen MR) is 119 cm³/mol. The van der Waals surface area contributed by atoms with Gasteiger partial charge in [0.25, 0.3) is 0 Å². The number of nitrogens with zero attached hydrogens (tertiary/aromatic N) is 3. The molecule has 3 fully saturated rings. The number of alkyl halides is 3. The molecule has 4 N–H and O–H groups in total. The first-order valence-electron chi connectivity index (χ1n) is 11.2. The number of hydrogen-bond acceptors (Lipinski definition) is 6. The lowest BCUT2D eigenvalue weighted by Crippen LogP contribution is -2.43. The molecule has 4 rings (SSSR count). The van der Waals surface area contributed by atoms with Gasteiger partial charge < -0.3 is 16.2 Å². The van der Waals surface area contributed by atoms with Gasteiger partial charge in [-0.3, -0.25) is 9.89 Å². The molecule has 1 saturated heterocycles. The van der Waals surface area contributed by atoms with E-state index in [1.54, 1.807) is 6.08 Å². The molecular weight excluding hydrogens is 419 g/mol. The van der Waals surface area contributed by atoms with E-state index in [4.69, 9.17) is 21.2 Å². The second kappa shape index (κ2) is 8.33. The second-order valence-corrected chi connectivity index (χ2v) is 9.73. The van der Waals surface area contributed by atoms with E-state index in [0.717, 1.165) is 50.9 Å². The van der Waals surface area contributed by atoms with Crippen LogP contribution in [-0.4, -0.2) is 54.0 Å². The predicted octanol–water partition coefficient (Wildman–Crippen LogP) is 3.58. The summed E-state index contributed by atoms with van der Waals surface area (Å²) in [6.45, 7) is 9.82. The Labute approximate surface area is 186 Å². The van der Waals surface area contributed by atoms with Gasteiger partial charge in [0, 0.05) is 54.3 Å². The standard InChI is InChI=1S/C23H32F3N5O/c1-13(2)30-19(10-18(27)14-8-17(23(24,25)26)21(28)29-12-14)20-16-9-15(11-22(16,20)3)31-4-6-32-7-5-31/h8,10,12-13,15-16,20H,4-7,9,11,27H2,1-3H3,(H2,28,29)/t15?,16-,20+,22?/m0/s1. The fraction of sp³-hybridized carbons (Fsp3) is 0.652. The molecule has 2 unspecified atom stereocenters. The number of halogens is 3. The number of morpholine rings is 1. The summed E-state index contributed by atoms with van der Waals surface area (Å²) in [4.78, 5) is 11.1. The molecule has 4 atom stereocenters. The summed E-state index contributed by atoms with van der Waals surface area (Å²) in [7, 11) is 0. The molecule has 32 heavy (non-hydrogen) atoms. The summed E-state index contributed by atoms with van der Waals surface area (Å²) in [5, 5.41) is 0. The van der Waals surface area contributed by atoms with Crippen molar-refractivity contribution in [2.24, 2.45) is 28.0 Å². The highest BCUT2D eigenvalue weighted by Crippen LogP contribution is 2.69. The third kappa shape index (κ3) is 4.37. The second-order valence-electron chi connectivity index (χ2n) is 9.73. The van der Waals surface area contributed by atoms with E-state index < -0.39 is 17.6 Å². The fourth-order valence-corrected chi connectivity index (χ4v) is 5.60. The Morgan fingerprint density at radius 2 is 2.03 bits per heavy atom. The molecule has 2 heterocycles. The number of aliphatic imine (C=N–C) groups is 1. The minimum Gasteiger partial charge on any atom is -0.398 e. The normalized spacial score (nSPS) is 31.8. The molecule has 1 aliphatic heterocycles. The summed E-state index contributed by atoms with van der Waals surface area (Å²) in [5.41, 5.74) is 12.1. The van der Waals surface area contributed by atoms with Gasteiger partial charge in [-0.2, -0.15) is 13.2 Å². The van der Waals surface area contributed by atoms with Gasteiger partial charge in [0.05, 0.1) is 18.8 Å². The van der Waals surface area contributed by atoms with Gasteiger partial charge in [-0.1, -0.05) is 6.92 Å². The van der Waals surface area contributed by atoms with Crippen molar-refractivity contribution in [2.45, 2.75) is 51.9 Å². The Morgan fingerprint density at radius 3 is 2.59 bits per heavy atom. The molecule has 0 spiro atoms. The zero-order chi connectivity index (χ0) is 23.3. The maximum Gasteiger partial charge on any atom is 0.419 e. The number of rotatable bonds is 5. The Bertz CT molecular complexity index is 923. The summed E-state index contributed by atoms with van der Waals surface area (Å²) >= 11 is 0. The van der Waals surface area contributed by atoms with Gasteiger partial charge >= 0.3 is 6.18 Å². The van der Waals surface area contributed by atoms with Gasteiger partial charge in [-0.15, -0.1) is 0 Å². The van der Waals surface area contributed by atoms with Crippen molar-refractivity contribution in [3.8, 4) is 0 Å². The number of pyridine rings is 1. The van der Waals surface area contributed by atoms with Gasteiger partial charge in [-0.25, -0.2) is 4.98 Å². The number of nitrogen functional groups attached to an aromatic ring is 1. The lowest BCUT2D eigenvalue weighted by molar-refractivity contribution is -0.137.